The molecular weight excluding hydrogens is 266 g/mol. The number of amides is 1. The van der Waals surface area contributed by atoms with Gasteiger partial charge in [-0.3, -0.25) is 4.79 Å². The minimum atomic E-state index is -0.158. The molecule has 0 spiro atoms. The van der Waals surface area contributed by atoms with Crippen LogP contribution >= 0.6 is 0 Å². The van der Waals surface area contributed by atoms with Gasteiger partial charge in [0.05, 0.1) is 25.4 Å². The summed E-state index contributed by atoms with van der Waals surface area (Å²) in [7, 11) is 1.60. The zero-order valence-electron chi connectivity index (χ0n) is 12.2. The van der Waals surface area contributed by atoms with Gasteiger partial charge >= 0.3 is 0 Å². The summed E-state index contributed by atoms with van der Waals surface area (Å²) in [4.78, 5) is 11.8. The second-order valence-corrected chi connectivity index (χ2v) is 4.54. The van der Waals surface area contributed by atoms with Crippen molar-refractivity contribution in [3.63, 3.8) is 0 Å². The third-order valence-electron chi connectivity index (χ3n) is 3.09. The molecule has 0 saturated heterocycles. The van der Waals surface area contributed by atoms with Crippen LogP contribution in [0, 0.1) is 0 Å². The van der Waals surface area contributed by atoms with Gasteiger partial charge in [0, 0.05) is 12.7 Å². The van der Waals surface area contributed by atoms with Crippen molar-refractivity contribution in [2.75, 3.05) is 7.11 Å². The summed E-state index contributed by atoms with van der Waals surface area (Å²) in [6.45, 7) is 2.92. The van der Waals surface area contributed by atoms with E-state index in [0.717, 1.165) is 23.6 Å². The molecule has 21 heavy (non-hydrogen) atoms. The third kappa shape index (κ3) is 4.21. The Morgan fingerprint density at radius 1 is 1.38 bits per heavy atom. The van der Waals surface area contributed by atoms with Crippen LogP contribution in [0.3, 0.4) is 0 Å². The molecule has 0 bridgehead atoms. The molecule has 0 unspecified atom stereocenters. The standard InChI is InChI=1S/C16H19N3O2/c1-3-19-9-5-7-14(19)12-17-18-16(20)11-13-6-4-8-15(10-13)21-2/h4-10,12H,3,11H2,1-2H3,(H,18,20)/b17-12+. The first-order valence-corrected chi connectivity index (χ1v) is 6.83. The van der Waals surface area contributed by atoms with Crippen molar-refractivity contribution >= 4 is 12.1 Å². The Hall–Kier alpha value is -2.56. The van der Waals surface area contributed by atoms with Crippen LogP contribution in [0.25, 0.3) is 0 Å². The minimum Gasteiger partial charge on any atom is -0.497 e. The highest BCUT2D eigenvalue weighted by atomic mass is 16.5. The number of ether oxygens (including phenoxy) is 1. The van der Waals surface area contributed by atoms with Crippen LogP contribution in [0.2, 0.25) is 0 Å². The van der Waals surface area contributed by atoms with Crippen LogP contribution in [-0.4, -0.2) is 23.8 Å². The van der Waals surface area contributed by atoms with Gasteiger partial charge in [-0.2, -0.15) is 5.10 Å². The number of aryl methyl sites for hydroxylation is 1. The highest BCUT2D eigenvalue weighted by Crippen LogP contribution is 2.12. The quantitative estimate of drug-likeness (QED) is 0.653. The molecule has 1 N–H and O–H groups in total. The van der Waals surface area contributed by atoms with Gasteiger partial charge in [-0.05, 0) is 36.8 Å². The van der Waals surface area contributed by atoms with Gasteiger partial charge in [-0.25, -0.2) is 5.43 Å². The lowest BCUT2D eigenvalue weighted by Gasteiger charge is -2.04. The van der Waals surface area contributed by atoms with Crippen molar-refractivity contribution in [1.29, 1.82) is 0 Å². The highest BCUT2D eigenvalue weighted by Gasteiger charge is 2.03. The van der Waals surface area contributed by atoms with Gasteiger partial charge < -0.3 is 9.30 Å². The number of benzene rings is 1. The van der Waals surface area contributed by atoms with Gasteiger partial charge in [0.25, 0.3) is 0 Å². The Balaban J connectivity index is 1.90. The molecule has 1 heterocycles. The van der Waals surface area contributed by atoms with Crippen LogP contribution < -0.4 is 10.2 Å². The second kappa shape index (κ2) is 7.28. The first kappa shape index (κ1) is 14.8. The molecular formula is C16H19N3O2. The van der Waals surface area contributed by atoms with Crippen molar-refractivity contribution in [3.05, 3.63) is 53.9 Å². The SMILES string of the molecule is CCn1cccc1/C=N/NC(=O)Cc1cccc(OC)c1. The first-order valence-electron chi connectivity index (χ1n) is 6.83. The zero-order valence-corrected chi connectivity index (χ0v) is 12.2. The topological polar surface area (TPSA) is 55.6 Å². The van der Waals surface area contributed by atoms with Gasteiger partial charge in [0.15, 0.2) is 0 Å². The van der Waals surface area contributed by atoms with E-state index in [9.17, 15) is 4.79 Å². The van der Waals surface area contributed by atoms with Crippen molar-refractivity contribution in [1.82, 2.24) is 9.99 Å². The summed E-state index contributed by atoms with van der Waals surface area (Å²) >= 11 is 0. The molecule has 0 saturated carbocycles. The van der Waals surface area contributed by atoms with Crippen molar-refractivity contribution < 1.29 is 9.53 Å². The maximum Gasteiger partial charge on any atom is 0.244 e. The molecule has 1 amide bonds. The summed E-state index contributed by atoms with van der Waals surface area (Å²) in [6.07, 6.45) is 3.88. The van der Waals surface area contributed by atoms with Crippen molar-refractivity contribution in [3.8, 4) is 5.75 Å². The molecule has 0 aliphatic rings. The highest BCUT2D eigenvalue weighted by molar-refractivity contribution is 5.82. The molecule has 110 valence electrons. The number of rotatable bonds is 6. The van der Waals surface area contributed by atoms with E-state index >= 15 is 0 Å². The molecule has 1 aromatic carbocycles. The molecule has 1 aromatic heterocycles. The summed E-state index contributed by atoms with van der Waals surface area (Å²) in [5.41, 5.74) is 4.38. The summed E-state index contributed by atoms with van der Waals surface area (Å²) < 4.78 is 7.17. The van der Waals surface area contributed by atoms with E-state index in [0.29, 0.717) is 0 Å². The Morgan fingerprint density at radius 2 is 2.24 bits per heavy atom. The Bertz CT molecular complexity index is 632. The fourth-order valence-corrected chi connectivity index (χ4v) is 2.01. The summed E-state index contributed by atoms with van der Waals surface area (Å²) in [5, 5.41) is 3.98. The van der Waals surface area contributed by atoms with Gasteiger partial charge in [-0.1, -0.05) is 12.1 Å². The number of aromatic nitrogens is 1. The number of carbonyl (C=O) groups is 1. The summed E-state index contributed by atoms with van der Waals surface area (Å²) in [5.74, 6) is 0.582. The van der Waals surface area contributed by atoms with Gasteiger partial charge in [0.1, 0.15) is 5.75 Å². The predicted molar refractivity (Wildman–Crippen MR) is 82.5 cm³/mol. The van der Waals surface area contributed by atoms with Crippen LogP contribution in [0.4, 0.5) is 0 Å². The van der Waals surface area contributed by atoms with E-state index in [1.54, 1.807) is 13.3 Å². The monoisotopic (exact) mass is 285 g/mol. The largest absolute Gasteiger partial charge is 0.497 e. The predicted octanol–water partition coefficient (Wildman–Crippen LogP) is 2.21. The lowest BCUT2D eigenvalue weighted by atomic mass is 10.1. The lowest BCUT2D eigenvalue weighted by Crippen LogP contribution is -2.20. The molecule has 0 radical (unpaired) electrons. The number of hydrogen-bond acceptors (Lipinski definition) is 3. The number of nitrogens with one attached hydrogen (secondary N) is 1. The molecule has 5 nitrogen and oxygen atoms in total. The van der Waals surface area contributed by atoms with Crippen molar-refractivity contribution in [2.24, 2.45) is 5.10 Å². The van der Waals surface area contributed by atoms with Crippen LogP contribution in [0.5, 0.6) is 5.75 Å². The van der Waals surface area contributed by atoms with Crippen molar-refractivity contribution in [2.45, 2.75) is 19.9 Å². The summed E-state index contributed by atoms with van der Waals surface area (Å²) in [6, 6.07) is 11.3. The van der Waals surface area contributed by atoms with Crippen LogP contribution in [-0.2, 0) is 17.8 Å². The van der Waals surface area contributed by atoms with E-state index in [4.69, 9.17) is 4.74 Å². The Labute approximate surface area is 124 Å². The fraction of sp³-hybridized carbons (Fsp3) is 0.250. The average Bonchev–Trinajstić information content (AvgIpc) is 2.95. The molecule has 0 fully saturated rings. The molecule has 2 rings (SSSR count). The van der Waals surface area contributed by atoms with E-state index in [1.165, 1.54) is 0 Å². The number of hydrazone groups is 1. The van der Waals surface area contributed by atoms with E-state index in [1.807, 2.05) is 47.2 Å². The number of nitrogens with zero attached hydrogens (tertiary/aromatic N) is 2. The Morgan fingerprint density at radius 3 is 3.00 bits per heavy atom. The zero-order chi connectivity index (χ0) is 15.1. The van der Waals surface area contributed by atoms with Crippen LogP contribution in [0.15, 0.2) is 47.7 Å². The molecule has 0 aliphatic heterocycles. The normalized spacial score (nSPS) is 10.8. The third-order valence-corrected chi connectivity index (χ3v) is 3.09. The molecule has 0 aliphatic carbocycles. The van der Waals surface area contributed by atoms with Crippen LogP contribution in [0.1, 0.15) is 18.2 Å². The Kier molecular flexibility index (Phi) is 5.15. The minimum absolute atomic E-state index is 0.158. The smallest absolute Gasteiger partial charge is 0.244 e. The number of methoxy groups -OCH3 is 1. The molecule has 0 atom stereocenters. The average molecular weight is 285 g/mol. The number of carbonyl (C=O) groups excluding carboxylic acids is 1. The van der Waals surface area contributed by atoms with E-state index in [-0.39, 0.29) is 12.3 Å². The van der Waals surface area contributed by atoms with E-state index in [2.05, 4.69) is 17.5 Å². The molecule has 2 aromatic rings. The second-order valence-electron chi connectivity index (χ2n) is 4.54. The van der Waals surface area contributed by atoms with Gasteiger partial charge in [-0.15, -0.1) is 0 Å². The maximum absolute atomic E-state index is 11.8. The van der Waals surface area contributed by atoms with Gasteiger partial charge in [0.2, 0.25) is 5.91 Å². The fourth-order valence-electron chi connectivity index (χ4n) is 2.01. The number of hydrogen-bond donors (Lipinski definition) is 1. The van der Waals surface area contributed by atoms with E-state index < -0.39 is 0 Å². The first-order chi connectivity index (χ1) is 10.2. The lowest BCUT2D eigenvalue weighted by molar-refractivity contribution is -0.120. The maximum atomic E-state index is 11.8. The molecule has 5 heteroatoms.